The molecule has 6 heteroatoms. The summed E-state index contributed by atoms with van der Waals surface area (Å²) in [4.78, 5) is 22.2. The van der Waals surface area contributed by atoms with E-state index in [0.717, 1.165) is 18.5 Å². The normalized spacial score (nSPS) is 10.8. The molecule has 0 aromatic carbocycles. The van der Waals surface area contributed by atoms with Crippen molar-refractivity contribution >= 4 is 11.9 Å². The Labute approximate surface area is 119 Å². The maximum absolute atomic E-state index is 11.9. The van der Waals surface area contributed by atoms with Gasteiger partial charge < -0.3 is 10.4 Å². The molecule has 1 aromatic heterocycles. The van der Waals surface area contributed by atoms with Gasteiger partial charge >= 0.3 is 5.97 Å². The van der Waals surface area contributed by atoms with Gasteiger partial charge in [-0.3, -0.25) is 14.3 Å². The van der Waals surface area contributed by atoms with Gasteiger partial charge in [-0.2, -0.15) is 5.10 Å². The summed E-state index contributed by atoms with van der Waals surface area (Å²) >= 11 is 0. The molecule has 0 fully saturated rings. The molecule has 0 bridgehead atoms. The number of hydrogen-bond acceptors (Lipinski definition) is 3. The van der Waals surface area contributed by atoms with E-state index < -0.39 is 5.97 Å². The largest absolute Gasteiger partial charge is 0.481 e. The van der Waals surface area contributed by atoms with Crippen LogP contribution in [0.2, 0.25) is 0 Å². The second-order valence-electron chi connectivity index (χ2n) is 5.19. The highest BCUT2D eigenvalue weighted by molar-refractivity contribution is 5.92. The zero-order valence-electron chi connectivity index (χ0n) is 12.3. The van der Waals surface area contributed by atoms with Crippen LogP contribution < -0.4 is 5.32 Å². The number of carboxylic acid groups (broad SMARTS) is 1. The fraction of sp³-hybridized carbons (Fsp3) is 0.643. The van der Waals surface area contributed by atoms with Gasteiger partial charge in [0.1, 0.15) is 5.69 Å². The Morgan fingerprint density at radius 3 is 2.60 bits per heavy atom. The molecule has 0 atom stereocenters. The van der Waals surface area contributed by atoms with Gasteiger partial charge in [-0.15, -0.1) is 0 Å². The first-order chi connectivity index (χ1) is 9.41. The summed E-state index contributed by atoms with van der Waals surface area (Å²) in [5.74, 6) is -0.625. The van der Waals surface area contributed by atoms with E-state index in [4.69, 9.17) is 5.11 Å². The Bertz CT molecular complexity index is 466. The van der Waals surface area contributed by atoms with Gasteiger partial charge in [-0.1, -0.05) is 20.3 Å². The van der Waals surface area contributed by atoms with Gasteiger partial charge in [0, 0.05) is 25.7 Å². The van der Waals surface area contributed by atoms with Crippen molar-refractivity contribution in [2.24, 2.45) is 7.05 Å². The molecule has 20 heavy (non-hydrogen) atoms. The Balaban J connectivity index is 2.32. The topological polar surface area (TPSA) is 84.2 Å². The maximum atomic E-state index is 11.9. The van der Waals surface area contributed by atoms with Crippen LogP contribution in [0.25, 0.3) is 0 Å². The number of aliphatic carboxylic acids is 1. The predicted molar refractivity (Wildman–Crippen MR) is 75.7 cm³/mol. The molecule has 0 saturated heterocycles. The molecule has 0 aliphatic rings. The minimum atomic E-state index is -0.774. The third kappa shape index (κ3) is 5.03. The van der Waals surface area contributed by atoms with Crippen LogP contribution in [-0.2, 0) is 11.8 Å². The average Bonchev–Trinajstić information content (AvgIpc) is 2.75. The van der Waals surface area contributed by atoms with Gasteiger partial charge in [0.25, 0.3) is 5.91 Å². The van der Waals surface area contributed by atoms with Crippen LogP contribution in [0.15, 0.2) is 6.07 Å². The summed E-state index contributed by atoms with van der Waals surface area (Å²) in [5.41, 5.74) is 1.46. The minimum Gasteiger partial charge on any atom is -0.481 e. The van der Waals surface area contributed by atoms with E-state index in [1.807, 2.05) is 13.1 Å². The number of carbonyl (C=O) groups excluding carboxylic acids is 1. The molecule has 1 aromatic rings. The van der Waals surface area contributed by atoms with Crippen molar-refractivity contribution in [3.63, 3.8) is 0 Å². The highest BCUT2D eigenvalue weighted by Gasteiger charge is 2.13. The van der Waals surface area contributed by atoms with E-state index in [1.54, 1.807) is 4.68 Å². The van der Waals surface area contributed by atoms with Gasteiger partial charge in [-0.25, -0.2) is 0 Å². The van der Waals surface area contributed by atoms with Gasteiger partial charge in [0.2, 0.25) is 0 Å². The highest BCUT2D eigenvalue weighted by Crippen LogP contribution is 2.14. The molecule has 6 nitrogen and oxygen atoms in total. The molecule has 0 spiro atoms. The Morgan fingerprint density at radius 1 is 1.35 bits per heavy atom. The first-order valence-electron chi connectivity index (χ1n) is 6.95. The monoisotopic (exact) mass is 281 g/mol. The fourth-order valence-corrected chi connectivity index (χ4v) is 2.00. The number of carbonyl (C=O) groups is 2. The number of nitrogens with one attached hydrogen (secondary N) is 1. The van der Waals surface area contributed by atoms with E-state index in [1.165, 1.54) is 0 Å². The molecule has 0 unspecified atom stereocenters. The molecule has 0 radical (unpaired) electrons. The van der Waals surface area contributed by atoms with Crippen LogP contribution in [0.4, 0.5) is 0 Å². The lowest BCUT2D eigenvalue weighted by Crippen LogP contribution is -2.25. The second kappa shape index (κ2) is 7.67. The van der Waals surface area contributed by atoms with Crippen LogP contribution in [0.5, 0.6) is 0 Å². The van der Waals surface area contributed by atoms with Crippen molar-refractivity contribution in [3.05, 3.63) is 17.5 Å². The predicted octanol–water partition coefficient (Wildman–Crippen LogP) is 1.92. The zero-order valence-corrected chi connectivity index (χ0v) is 12.3. The SMILES string of the molecule is CC(C)c1cc(C(=O)NCCCCCC(=O)O)nn1C. The van der Waals surface area contributed by atoms with Crippen LogP contribution >= 0.6 is 0 Å². The second-order valence-corrected chi connectivity index (χ2v) is 5.19. The van der Waals surface area contributed by atoms with E-state index in [-0.39, 0.29) is 12.3 Å². The summed E-state index contributed by atoms with van der Waals surface area (Å²) in [6.07, 6.45) is 2.41. The Kier molecular flexibility index (Phi) is 6.21. The third-order valence-corrected chi connectivity index (χ3v) is 3.09. The van der Waals surface area contributed by atoms with Crippen molar-refractivity contribution in [2.45, 2.75) is 45.4 Å². The number of nitrogens with zero attached hydrogens (tertiary/aromatic N) is 2. The maximum Gasteiger partial charge on any atom is 0.303 e. The third-order valence-electron chi connectivity index (χ3n) is 3.09. The summed E-state index contributed by atoms with van der Waals surface area (Å²) in [6.45, 7) is 4.66. The van der Waals surface area contributed by atoms with Gasteiger partial charge in [-0.05, 0) is 24.8 Å². The zero-order chi connectivity index (χ0) is 15.1. The van der Waals surface area contributed by atoms with Crippen molar-refractivity contribution < 1.29 is 14.7 Å². The number of rotatable bonds is 8. The lowest BCUT2D eigenvalue weighted by Gasteiger charge is -2.02. The summed E-state index contributed by atoms with van der Waals surface area (Å²) in [6, 6.07) is 1.81. The quantitative estimate of drug-likeness (QED) is 0.713. The molecule has 1 rings (SSSR count). The molecule has 0 aliphatic heterocycles. The number of amides is 1. The van der Waals surface area contributed by atoms with Gasteiger partial charge in [0.15, 0.2) is 0 Å². The molecule has 112 valence electrons. The lowest BCUT2D eigenvalue weighted by atomic mass is 10.1. The summed E-state index contributed by atoms with van der Waals surface area (Å²) < 4.78 is 1.73. The number of hydrogen-bond donors (Lipinski definition) is 2. The van der Waals surface area contributed by atoms with E-state index in [9.17, 15) is 9.59 Å². The molecular formula is C14H23N3O3. The van der Waals surface area contributed by atoms with Gasteiger partial charge in [0.05, 0.1) is 0 Å². The highest BCUT2D eigenvalue weighted by atomic mass is 16.4. The van der Waals surface area contributed by atoms with Crippen molar-refractivity contribution in [1.82, 2.24) is 15.1 Å². The molecule has 0 aliphatic carbocycles. The smallest absolute Gasteiger partial charge is 0.303 e. The van der Waals surface area contributed by atoms with Crippen LogP contribution in [0.1, 0.15) is 61.6 Å². The average molecular weight is 281 g/mol. The van der Waals surface area contributed by atoms with Crippen LogP contribution in [0, 0.1) is 0 Å². The first kappa shape index (κ1) is 16.2. The van der Waals surface area contributed by atoms with E-state index in [0.29, 0.717) is 24.6 Å². The minimum absolute atomic E-state index is 0.175. The van der Waals surface area contributed by atoms with E-state index >= 15 is 0 Å². The fourth-order valence-electron chi connectivity index (χ4n) is 2.00. The number of unbranched alkanes of at least 4 members (excludes halogenated alkanes) is 2. The summed E-state index contributed by atoms with van der Waals surface area (Å²) in [5, 5.41) is 15.5. The standard InChI is InChI=1S/C14H23N3O3/c1-10(2)12-9-11(16-17(12)3)14(20)15-8-6-4-5-7-13(18)19/h9-10H,4-8H2,1-3H3,(H,15,20)(H,18,19). The number of aromatic nitrogens is 2. The molecule has 2 N–H and O–H groups in total. The lowest BCUT2D eigenvalue weighted by molar-refractivity contribution is -0.137. The first-order valence-corrected chi connectivity index (χ1v) is 6.95. The Morgan fingerprint density at radius 2 is 2.05 bits per heavy atom. The molecule has 1 heterocycles. The summed E-state index contributed by atoms with van der Waals surface area (Å²) in [7, 11) is 1.83. The van der Waals surface area contributed by atoms with Crippen molar-refractivity contribution in [1.29, 1.82) is 0 Å². The van der Waals surface area contributed by atoms with Crippen molar-refractivity contribution in [2.75, 3.05) is 6.54 Å². The molecule has 1 amide bonds. The molecule has 0 saturated carbocycles. The number of aryl methyl sites for hydroxylation is 1. The number of carboxylic acids is 1. The Hall–Kier alpha value is -1.85. The van der Waals surface area contributed by atoms with E-state index in [2.05, 4.69) is 24.3 Å². The van der Waals surface area contributed by atoms with Crippen LogP contribution in [0.3, 0.4) is 0 Å². The van der Waals surface area contributed by atoms with Crippen molar-refractivity contribution in [3.8, 4) is 0 Å². The molecular weight excluding hydrogens is 258 g/mol. The van der Waals surface area contributed by atoms with Crippen LogP contribution in [-0.4, -0.2) is 33.3 Å².